The van der Waals surface area contributed by atoms with Crippen molar-refractivity contribution >= 4 is 46.9 Å². The van der Waals surface area contributed by atoms with Gasteiger partial charge in [-0.3, -0.25) is 14.4 Å². The molecule has 0 aromatic heterocycles. The first-order valence-corrected chi connectivity index (χ1v) is 14.5. The molecule has 3 N–H and O–H groups in total. The van der Waals surface area contributed by atoms with Crippen LogP contribution in [0.3, 0.4) is 0 Å². The van der Waals surface area contributed by atoms with E-state index in [0.717, 1.165) is 27.3 Å². The molecule has 42 heavy (non-hydrogen) atoms. The van der Waals surface area contributed by atoms with E-state index in [2.05, 4.69) is 16.0 Å². The minimum atomic E-state index is -0.483. The zero-order valence-electron chi connectivity index (χ0n) is 23.8. The van der Waals surface area contributed by atoms with Crippen LogP contribution in [0.4, 0.5) is 11.4 Å². The van der Waals surface area contributed by atoms with Crippen molar-refractivity contribution in [1.29, 1.82) is 0 Å². The summed E-state index contributed by atoms with van der Waals surface area (Å²) in [6.07, 6.45) is 1.61. The second kappa shape index (κ2) is 14.7. The average Bonchev–Trinajstić information content (AvgIpc) is 2.99. The molecule has 0 atom stereocenters. The summed E-state index contributed by atoms with van der Waals surface area (Å²) in [6.45, 7) is 6.42. The lowest BCUT2D eigenvalue weighted by Crippen LogP contribution is -2.30. The molecule has 4 aromatic rings. The van der Waals surface area contributed by atoms with Crippen LogP contribution in [0.15, 0.2) is 108 Å². The number of ether oxygens (including phenoxy) is 1. The Morgan fingerprint density at radius 1 is 0.833 bits per heavy atom. The average molecular weight is 580 g/mol. The van der Waals surface area contributed by atoms with E-state index in [1.807, 2.05) is 63.2 Å². The third-order valence-electron chi connectivity index (χ3n) is 6.15. The van der Waals surface area contributed by atoms with Crippen molar-refractivity contribution < 1.29 is 19.1 Å². The number of hydrogen-bond donors (Lipinski definition) is 3. The summed E-state index contributed by atoms with van der Waals surface area (Å²) >= 11 is 1.36. The quantitative estimate of drug-likeness (QED) is 0.134. The van der Waals surface area contributed by atoms with Gasteiger partial charge >= 0.3 is 0 Å². The minimum absolute atomic E-state index is 0.0823. The maximum atomic E-state index is 13.4. The minimum Gasteiger partial charge on any atom is -0.494 e. The monoisotopic (exact) mass is 579 g/mol. The van der Waals surface area contributed by atoms with Gasteiger partial charge in [0.05, 0.1) is 12.4 Å². The van der Waals surface area contributed by atoms with Crippen molar-refractivity contribution in [3.63, 3.8) is 0 Å². The summed E-state index contributed by atoms with van der Waals surface area (Å²) in [4.78, 5) is 39.7. The van der Waals surface area contributed by atoms with Crippen molar-refractivity contribution in [2.75, 3.05) is 23.0 Å². The van der Waals surface area contributed by atoms with Crippen molar-refractivity contribution in [2.45, 2.75) is 25.7 Å². The van der Waals surface area contributed by atoms with Gasteiger partial charge in [-0.1, -0.05) is 54.1 Å². The van der Waals surface area contributed by atoms with Gasteiger partial charge in [0.15, 0.2) is 0 Å². The third-order valence-corrected chi connectivity index (χ3v) is 7.14. The van der Waals surface area contributed by atoms with Crippen LogP contribution >= 0.6 is 11.8 Å². The Kier molecular flexibility index (Phi) is 10.6. The van der Waals surface area contributed by atoms with E-state index in [1.165, 1.54) is 11.8 Å². The molecule has 0 saturated heterocycles. The molecule has 0 radical (unpaired) electrons. The number of thioether (sulfide) groups is 1. The standard InChI is InChI=1S/C34H33N3O4S/c1-4-41-28-16-14-25(15-17-28)20-31(37-33(39)26-9-6-5-7-10-26)34(40)35-27-11-8-12-29(21-27)42-22-32(38)36-30-18-13-23(2)19-24(30)3/h5-21H,4,22H2,1-3H3,(H,35,40)(H,36,38)(H,37,39)/b31-20+. The van der Waals surface area contributed by atoms with Gasteiger partial charge in [0, 0.05) is 21.8 Å². The molecule has 0 fully saturated rings. The van der Waals surface area contributed by atoms with Crippen molar-refractivity contribution in [2.24, 2.45) is 0 Å². The Morgan fingerprint density at radius 3 is 2.31 bits per heavy atom. The highest BCUT2D eigenvalue weighted by molar-refractivity contribution is 8.00. The molecule has 0 spiro atoms. The zero-order valence-corrected chi connectivity index (χ0v) is 24.6. The molecule has 4 aromatic carbocycles. The Balaban J connectivity index is 1.45. The fourth-order valence-electron chi connectivity index (χ4n) is 4.09. The van der Waals surface area contributed by atoms with Crippen LogP contribution in [0.1, 0.15) is 34.0 Å². The molecular weight excluding hydrogens is 546 g/mol. The number of amides is 3. The summed E-state index contributed by atoms with van der Waals surface area (Å²) in [5, 5.41) is 8.57. The number of anilines is 2. The Morgan fingerprint density at radius 2 is 1.60 bits per heavy atom. The van der Waals surface area contributed by atoms with E-state index in [9.17, 15) is 14.4 Å². The van der Waals surface area contributed by atoms with Crippen LogP contribution in [0, 0.1) is 13.8 Å². The van der Waals surface area contributed by atoms with Crippen molar-refractivity contribution in [3.05, 3.63) is 125 Å². The van der Waals surface area contributed by atoms with Crippen LogP contribution in [-0.2, 0) is 9.59 Å². The summed E-state index contributed by atoms with van der Waals surface area (Å²) < 4.78 is 5.50. The molecule has 0 aliphatic rings. The summed E-state index contributed by atoms with van der Waals surface area (Å²) in [5.74, 6) is -0.0812. The fraction of sp³-hybridized carbons (Fsp3) is 0.147. The van der Waals surface area contributed by atoms with E-state index >= 15 is 0 Å². The van der Waals surface area contributed by atoms with Gasteiger partial charge in [-0.15, -0.1) is 11.8 Å². The fourth-order valence-corrected chi connectivity index (χ4v) is 4.84. The lowest BCUT2D eigenvalue weighted by molar-refractivity contribution is -0.114. The van der Waals surface area contributed by atoms with Gasteiger partial charge in [-0.2, -0.15) is 0 Å². The molecule has 0 unspecified atom stereocenters. The first kappa shape index (κ1) is 30.1. The van der Waals surface area contributed by atoms with E-state index < -0.39 is 11.8 Å². The zero-order chi connectivity index (χ0) is 29.9. The van der Waals surface area contributed by atoms with Gasteiger partial charge < -0.3 is 20.7 Å². The third kappa shape index (κ3) is 8.84. The van der Waals surface area contributed by atoms with Gasteiger partial charge in [0.2, 0.25) is 5.91 Å². The Labute approximate surface area is 250 Å². The van der Waals surface area contributed by atoms with Crippen LogP contribution < -0.4 is 20.7 Å². The SMILES string of the molecule is CCOc1ccc(/C=C(/NC(=O)c2ccccc2)C(=O)Nc2cccc(SCC(=O)Nc3ccc(C)cc3C)c2)cc1. The van der Waals surface area contributed by atoms with Crippen molar-refractivity contribution in [1.82, 2.24) is 5.32 Å². The van der Waals surface area contributed by atoms with E-state index in [-0.39, 0.29) is 17.4 Å². The number of aryl methyl sites for hydroxylation is 2. The molecule has 8 heteroatoms. The molecule has 0 saturated carbocycles. The van der Waals surface area contributed by atoms with Crippen LogP contribution in [-0.4, -0.2) is 30.1 Å². The molecule has 4 rings (SSSR count). The summed E-state index contributed by atoms with van der Waals surface area (Å²) in [5.41, 5.74) is 4.70. The molecule has 7 nitrogen and oxygen atoms in total. The lowest BCUT2D eigenvalue weighted by Gasteiger charge is -2.13. The smallest absolute Gasteiger partial charge is 0.272 e. The summed E-state index contributed by atoms with van der Waals surface area (Å²) in [7, 11) is 0. The first-order valence-electron chi connectivity index (χ1n) is 13.5. The maximum absolute atomic E-state index is 13.4. The molecule has 214 valence electrons. The van der Waals surface area contributed by atoms with Gasteiger partial charge in [-0.25, -0.2) is 0 Å². The Hall–Kier alpha value is -4.82. The number of hydrogen-bond acceptors (Lipinski definition) is 5. The normalized spacial score (nSPS) is 11.0. The Bertz CT molecular complexity index is 1580. The van der Waals surface area contributed by atoms with Gasteiger partial charge in [0.25, 0.3) is 11.8 Å². The number of benzene rings is 4. The predicted molar refractivity (Wildman–Crippen MR) is 170 cm³/mol. The second-order valence-corrected chi connectivity index (χ2v) is 10.6. The largest absolute Gasteiger partial charge is 0.494 e. The van der Waals surface area contributed by atoms with Crippen LogP contribution in [0.25, 0.3) is 6.08 Å². The topological polar surface area (TPSA) is 96.5 Å². The highest BCUT2D eigenvalue weighted by Crippen LogP contribution is 2.23. The first-order chi connectivity index (χ1) is 20.3. The molecule has 0 heterocycles. The van der Waals surface area contributed by atoms with Crippen LogP contribution in [0.2, 0.25) is 0 Å². The number of rotatable bonds is 11. The van der Waals surface area contributed by atoms with E-state index in [0.29, 0.717) is 23.6 Å². The molecule has 0 bridgehead atoms. The lowest BCUT2D eigenvalue weighted by atomic mass is 10.1. The van der Waals surface area contributed by atoms with Gasteiger partial charge in [-0.05, 0) is 86.5 Å². The van der Waals surface area contributed by atoms with Crippen LogP contribution in [0.5, 0.6) is 5.75 Å². The number of nitrogens with one attached hydrogen (secondary N) is 3. The predicted octanol–water partition coefficient (Wildman–Crippen LogP) is 6.84. The molecule has 0 aliphatic carbocycles. The molecule has 0 aliphatic heterocycles. The maximum Gasteiger partial charge on any atom is 0.272 e. The molecule has 3 amide bonds. The highest BCUT2D eigenvalue weighted by Gasteiger charge is 2.16. The second-order valence-electron chi connectivity index (χ2n) is 9.52. The summed E-state index contributed by atoms with van der Waals surface area (Å²) in [6, 6.07) is 29.0. The van der Waals surface area contributed by atoms with E-state index in [4.69, 9.17) is 4.74 Å². The number of carbonyl (C=O) groups excluding carboxylic acids is 3. The van der Waals surface area contributed by atoms with Gasteiger partial charge in [0.1, 0.15) is 11.4 Å². The van der Waals surface area contributed by atoms with E-state index in [1.54, 1.807) is 60.7 Å². The highest BCUT2D eigenvalue weighted by atomic mass is 32.2. The molecular formula is C34H33N3O4S. The number of carbonyl (C=O) groups is 3. The van der Waals surface area contributed by atoms with Crippen molar-refractivity contribution in [3.8, 4) is 5.75 Å².